The molecule has 0 spiro atoms. The van der Waals surface area contributed by atoms with Crippen molar-refractivity contribution in [3.05, 3.63) is 41.7 Å². The van der Waals surface area contributed by atoms with Gasteiger partial charge in [-0.1, -0.05) is 24.8 Å². The molecule has 1 aliphatic heterocycles. The Kier molecular flexibility index (Phi) is 7.16. The first-order chi connectivity index (χ1) is 15.7. The van der Waals surface area contributed by atoms with Crippen LogP contribution in [0.25, 0.3) is 5.69 Å². The van der Waals surface area contributed by atoms with E-state index in [9.17, 15) is 19.5 Å². The standard InChI is InChI=1S/C23H27N5O5/c1-4-16-12-27(5-2)22(31)23(16,32)10-9-15-7-6-8-17(11-15)28-13-18(20(26-28)21(24)30)25-19(29)14-33-3/h6-8,11,13,16,32H,4-5,12,14H2,1-3H3,(H2,24,30)(H,25,29). The van der Waals surface area contributed by atoms with Crippen LogP contribution in [-0.4, -0.2) is 69.9 Å². The van der Waals surface area contributed by atoms with Crippen molar-refractivity contribution in [1.29, 1.82) is 0 Å². The van der Waals surface area contributed by atoms with Crippen molar-refractivity contribution < 1.29 is 24.2 Å². The number of anilines is 1. The van der Waals surface area contributed by atoms with Crippen LogP contribution in [0.3, 0.4) is 0 Å². The number of methoxy groups -OCH3 is 1. The molecule has 2 aromatic rings. The molecule has 2 heterocycles. The van der Waals surface area contributed by atoms with Gasteiger partial charge >= 0.3 is 0 Å². The summed E-state index contributed by atoms with van der Waals surface area (Å²) in [7, 11) is 1.38. The zero-order valence-corrected chi connectivity index (χ0v) is 18.8. The van der Waals surface area contributed by atoms with Gasteiger partial charge in [0.05, 0.1) is 17.6 Å². The van der Waals surface area contributed by atoms with E-state index >= 15 is 0 Å². The maximum Gasteiger partial charge on any atom is 0.271 e. The Hall–Kier alpha value is -3.68. The Morgan fingerprint density at radius 3 is 2.79 bits per heavy atom. The minimum atomic E-state index is -1.73. The number of hydrogen-bond donors (Lipinski definition) is 3. The number of rotatable bonds is 7. The molecular formula is C23H27N5O5. The summed E-state index contributed by atoms with van der Waals surface area (Å²) in [6, 6.07) is 6.88. The molecule has 1 fully saturated rings. The third kappa shape index (κ3) is 4.89. The molecule has 10 heteroatoms. The maximum absolute atomic E-state index is 12.6. The topological polar surface area (TPSA) is 140 Å². The van der Waals surface area contributed by atoms with E-state index in [4.69, 9.17) is 10.5 Å². The van der Waals surface area contributed by atoms with Crippen LogP contribution in [0.4, 0.5) is 5.69 Å². The van der Waals surface area contributed by atoms with Crippen molar-refractivity contribution in [2.24, 2.45) is 11.7 Å². The molecule has 1 aromatic carbocycles. The molecule has 4 N–H and O–H groups in total. The van der Waals surface area contributed by atoms with Gasteiger partial charge in [0.2, 0.25) is 11.5 Å². The number of likely N-dealkylation sites (tertiary alicyclic amines) is 1. The summed E-state index contributed by atoms with van der Waals surface area (Å²) in [5.74, 6) is 3.77. The van der Waals surface area contributed by atoms with Gasteiger partial charge in [0.15, 0.2) is 5.69 Å². The van der Waals surface area contributed by atoms with E-state index in [0.717, 1.165) is 0 Å². The molecule has 0 aliphatic carbocycles. The third-order valence-electron chi connectivity index (χ3n) is 5.52. The number of hydrogen-bond acceptors (Lipinski definition) is 6. The van der Waals surface area contributed by atoms with Gasteiger partial charge in [-0.15, -0.1) is 0 Å². The van der Waals surface area contributed by atoms with E-state index in [1.807, 2.05) is 13.8 Å². The highest BCUT2D eigenvalue weighted by Gasteiger charge is 2.50. The number of benzene rings is 1. The van der Waals surface area contributed by atoms with Gasteiger partial charge < -0.3 is 25.8 Å². The number of primary amides is 1. The van der Waals surface area contributed by atoms with Gasteiger partial charge in [0.1, 0.15) is 6.61 Å². The second-order valence-electron chi connectivity index (χ2n) is 7.70. The maximum atomic E-state index is 12.6. The normalized spacial score (nSPS) is 19.8. The number of nitrogens with zero attached hydrogens (tertiary/aromatic N) is 3. The number of aliphatic hydroxyl groups is 1. The summed E-state index contributed by atoms with van der Waals surface area (Å²) in [6.07, 6.45) is 2.08. The van der Waals surface area contributed by atoms with Crippen LogP contribution in [0, 0.1) is 17.8 Å². The molecule has 1 aliphatic rings. The summed E-state index contributed by atoms with van der Waals surface area (Å²) in [5, 5.41) is 17.7. The molecule has 0 bridgehead atoms. The molecule has 0 saturated carbocycles. The number of carbonyl (C=O) groups is 3. The zero-order chi connectivity index (χ0) is 24.2. The van der Waals surface area contributed by atoms with Crippen LogP contribution in [-0.2, 0) is 14.3 Å². The van der Waals surface area contributed by atoms with E-state index < -0.39 is 17.4 Å². The lowest BCUT2D eigenvalue weighted by atomic mass is 9.88. The van der Waals surface area contributed by atoms with Crippen LogP contribution < -0.4 is 11.1 Å². The smallest absolute Gasteiger partial charge is 0.271 e. The Balaban J connectivity index is 1.92. The fourth-order valence-electron chi connectivity index (χ4n) is 3.74. The highest BCUT2D eigenvalue weighted by Crippen LogP contribution is 2.31. The fraction of sp³-hybridized carbons (Fsp3) is 0.391. The molecule has 3 amide bonds. The molecule has 10 nitrogen and oxygen atoms in total. The minimum Gasteiger partial charge on any atom is -0.375 e. The molecule has 2 unspecified atom stereocenters. The molecule has 3 rings (SSSR count). The first-order valence-corrected chi connectivity index (χ1v) is 10.6. The lowest BCUT2D eigenvalue weighted by molar-refractivity contribution is -0.139. The van der Waals surface area contributed by atoms with Gasteiger partial charge in [0, 0.05) is 31.7 Å². The molecule has 2 atom stereocenters. The van der Waals surface area contributed by atoms with E-state index in [-0.39, 0.29) is 29.8 Å². The largest absolute Gasteiger partial charge is 0.375 e. The average molecular weight is 453 g/mol. The SMILES string of the molecule is CCC1CN(CC)C(=O)C1(O)C#Cc1cccc(-n2cc(NC(=O)COC)c(C(N)=O)n2)c1. The number of carbonyl (C=O) groups excluding carboxylic acids is 3. The number of amides is 3. The summed E-state index contributed by atoms with van der Waals surface area (Å²) in [5.41, 5.74) is 4.80. The third-order valence-corrected chi connectivity index (χ3v) is 5.52. The second kappa shape index (κ2) is 9.85. The van der Waals surface area contributed by atoms with Crippen LogP contribution in [0.1, 0.15) is 36.3 Å². The molecule has 0 radical (unpaired) electrons. The van der Waals surface area contributed by atoms with E-state index in [1.165, 1.54) is 18.0 Å². The summed E-state index contributed by atoms with van der Waals surface area (Å²) in [6.45, 7) is 4.58. The second-order valence-corrected chi connectivity index (χ2v) is 7.70. The molecular weight excluding hydrogens is 426 g/mol. The van der Waals surface area contributed by atoms with Crippen LogP contribution in [0.2, 0.25) is 0 Å². The highest BCUT2D eigenvalue weighted by molar-refractivity contribution is 6.01. The highest BCUT2D eigenvalue weighted by atomic mass is 16.5. The quantitative estimate of drug-likeness (QED) is 0.523. The van der Waals surface area contributed by atoms with Gasteiger partial charge in [-0.2, -0.15) is 5.10 Å². The van der Waals surface area contributed by atoms with Crippen LogP contribution in [0.15, 0.2) is 30.5 Å². The minimum absolute atomic E-state index is 0.104. The van der Waals surface area contributed by atoms with E-state index in [1.54, 1.807) is 29.2 Å². The summed E-state index contributed by atoms with van der Waals surface area (Å²) >= 11 is 0. The number of likely N-dealkylation sites (N-methyl/N-ethyl adjacent to an activating group) is 1. The number of nitrogens with two attached hydrogens (primary N) is 1. The Morgan fingerprint density at radius 1 is 1.39 bits per heavy atom. The van der Waals surface area contributed by atoms with Crippen LogP contribution >= 0.6 is 0 Å². The predicted molar refractivity (Wildman–Crippen MR) is 120 cm³/mol. The van der Waals surface area contributed by atoms with Gasteiger partial charge in [-0.3, -0.25) is 14.4 Å². The predicted octanol–water partition coefficient (Wildman–Crippen LogP) is 0.527. The van der Waals surface area contributed by atoms with E-state index in [0.29, 0.717) is 30.8 Å². The van der Waals surface area contributed by atoms with Gasteiger partial charge in [-0.25, -0.2) is 4.68 Å². The first-order valence-electron chi connectivity index (χ1n) is 10.6. The van der Waals surface area contributed by atoms with Crippen molar-refractivity contribution in [1.82, 2.24) is 14.7 Å². The van der Waals surface area contributed by atoms with Crippen molar-refractivity contribution in [2.75, 3.05) is 32.1 Å². The first kappa shape index (κ1) is 24.0. The zero-order valence-electron chi connectivity index (χ0n) is 18.8. The summed E-state index contributed by atoms with van der Waals surface area (Å²) in [4.78, 5) is 37.9. The molecule has 1 aromatic heterocycles. The van der Waals surface area contributed by atoms with Crippen molar-refractivity contribution in [3.63, 3.8) is 0 Å². The lowest BCUT2D eigenvalue weighted by Crippen LogP contribution is -2.42. The molecule has 33 heavy (non-hydrogen) atoms. The fourth-order valence-corrected chi connectivity index (χ4v) is 3.74. The number of ether oxygens (including phenoxy) is 1. The van der Waals surface area contributed by atoms with Crippen LogP contribution in [0.5, 0.6) is 0 Å². The van der Waals surface area contributed by atoms with Crippen molar-refractivity contribution in [3.8, 4) is 17.5 Å². The van der Waals surface area contributed by atoms with Crippen molar-refractivity contribution in [2.45, 2.75) is 25.9 Å². The Bertz CT molecular complexity index is 1130. The lowest BCUT2D eigenvalue weighted by Gasteiger charge is -2.19. The Labute approximate surface area is 191 Å². The monoisotopic (exact) mass is 453 g/mol. The number of nitrogens with one attached hydrogen (secondary N) is 1. The molecule has 174 valence electrons. The Morgan fingerprint density at radius 2 is 2.15 bits per heavy atom. The van der Waals surface area contributed by atoms with Gasteiger partial charge in [-0.05, 0) is 31.5 Å². The number of aromatic nitrogens is 2. The van der Waals surface area contributed by atoms with Crippen molar-refractivity contribution >= 4 is 23.4 Å². The molecule has 1 saturated heterocycles. The summed E-state index contributed by atoms with van der Waals surface area (Å²) < 4.78 is 6.17. The van der Waals surface area contributed by atoms with Gasteiger partial charge in [0.25, 0.3) is 11.8 Å². The van der Waals surface area contributed by atoms with E-state index in [2.05, 4.69) is 22.3 Å². The average Bonchev–Trinajstić information content (AvgIpc) is 3.32.